The van der Waals surface area contributed by atoms with Crippen molar-refractivity contribution < 1.29 is 4.74 Å². The standard InChI is InChI=1S/C18H22ClN3O/c1-2-23-16-5-3-15(4-6-16)14-21-9-11-22(12-10-21)18-7-8-20-13-17(18)19/h3-8,13H,2,9-12,14H2,1H3. The normalized spacial score (nSPS) is 15.7. The first kappa shape index (κ1) is 16.1. The van der Waals surface area contributed by atoms with Crippen LogP contribution in [0.3, 0.4) is 0 Å². The van der Waals surface area contributed by atoms with Gasteiger partial charge in [-0.1, -0.05) is 23.7 Å². The molecule has 2 heterocycles. The van der Waals surface area contributed by atoms with E-state index in [2.05, 4.69) is 26.9 Å². The number of halogens is 1. The van der Waals surface area contributed by atoms with Crippen LogP contribution in [0.4, 0.5) is 5.69 Å². The Labute approximate surface area is 142 Å². The average Bonchev–Trinajstić information content (AvgIpc) is 2.58. The highest BCUT2D eigenvalue weighted by atomic mass is 35.5. The molecule has 1 aromatic heterocycles. The maximum absolute atomic E-state index is 6.23. The Hall–Kier alpha value is -1.78. The minimum absolute atomic E-state index is 0.707. The lowest BCUT2D eigenvalue weighted by atomic mass is 10.2. The molecule has 1 saturated heterocycles. The molecule has 2 aromatic rings. The van der Waals surface area contributed by atoms with Gasteiger partial charge in [0.2, 0.25) is 0 Å². The largest absolute Gasteiger partial charge is 0.494 e. The molecule has 3 rings (SSSR count). The van der Waals surface area contributed by atoms with Crippen LogP contribution >= 0.6 is 11.6 Å². The van der Waals surface area contributed by atoms with Gasteiger partial charge in [0.15, 0.2) is 0 Å². The van der Waals surface area contributed by atoms with Gasteiger partial charge in [-0.15, -0.1) is 0 Å². The van der Waals surface area contributed by atoms with E-state index in [-0.39, 0.29) is 0 Å². The van der Waals surface area contributed by atoms with E-state index in [4.69, 9.17) is 16.3 Å². The zero-order valence-corrected chi connectivity index (χ0v) is 14.2. The second-order valence-corrected chi connectivity index (χ2v) is 6.07. The maximum Gasteiger partial charge on any atom is 0.119 e. The van der Waals surface area contributed by atoms with Gasteiger partial charge >= 0.3 is 0 Å². The lowest BCUT2D eigenvalue weighted by molar-refractivity contribution is 0.249. The van der Waals surface area contributed by atoms with Gasteiger partial charge in [-0.25, -0.2) is 0 Å². The van der Waals surface area contributed by atoms with Crippen LogP contribution in [0.25, 0.3) is 0 Å². The van der Waals surface area contributed by atoms with E-state index < -0.39 is 0 Å². The van der Waals surface area contributed by atoms with Gasteiger partial charge in [-0.3, -0.25) is 9.88 Å². The first-order valence-corrected chi connectivity index (χ1v) is 8.42. The lowest BCUT2D eigenvalue weighted by Crippen LogP contribution is -2.46. The fraction of sp³-hybridized carbons (Fsp3) is 0.389. The number of pyridine rings is 1. The smallest absolute Gasteiger partial charge is 0.119 e. The highest BCUT2D eigenvalue weighted by Gasteiger charge is 2.18. The Bertz CT molecular complexity index is 624. The Kier molecular flexibility index (Phi) is 5.36. The van der Waals surface area contributed by atoms with Gasteiger partial charge in [0.05, 0.1) is 17.3 Å². The van der Waals surface area contributed by atoms with Crippen molar-refractivity contribution in [2.24, 2.45) is 0 Å². The molecule has 0 spiro atoms. The topological polar surface area (TPSA) is 28.6 Å². The predicted molar refractivity (Wildman–Crippen MR) is 94.3 cm³/mol. The summed E-state index contributed by atoms with van der Waals surface area (Å²) < 4.78 is 5.49. The molecule has 0 N–H and O–H groups in total. The maximum atomic E-state index is 6.23. The molecule has 122 valence electrons. The first-order valence-electron chi connectivity index (χ1n) is 8.05. The van der Waals surface area contributed by atoms with Crippen LogP contribution in [0.2, 0.25) is 5.02 Å². The van der Waals surface area contributed by atoms with Gasteiger partial charge in [-0.2, -0.15) is 0 Å². The molecule has 1 aromatic carbocycles. The highest BCUT2D eigenvalue weighted by molar-refractivity contribution is 6.33. The monoisotopic (exact) mass is 331 g/mol. The van der Waals surface area contributed by atoms with E-state index in [1.807, 2.05) is 25.1 Å². The first-order chi connectivity index (χ1) is 11.3. The van der Waals surface area contributed by atoms with Crippen LogP contribution in [0, 0.1) is 0 Å². The summed E-state index contributed by atoms with van der Waals surface area (Å²) in [5.41, 5.74) is 2.41. The summed E-state index contributed by atoms with van der Waals surface area (Å²) in [6.45, 7) is 7.73. The Morgan fingerprint density at radius 1 is 1.09 bits per heavy atom. The van der Waals surface area contributed by atoms with Gasteiger partial charge in [-0.05, 0) is 30.7 Å². The highest BCUT2D eigenvalue weighted by Crippen LogP contribution is 2.25. The second kappa shape index (κ2) is 7.66. The van der Waals surface area contributed by atoms with Crippen LogP contribution in [-0.4, -0.2) is 42.7 Å². The number of hydrogen-bond donors (Lipinski definition) is 0. The van der Waals surface area contributed by atoms with Crippen LogP contribution in [0.5, 0.6) is 5.75 Å². The molecule has 0 unspecified atom stereocenters. The van der Waals surface area contributed by atoms with E-state index in [1.54, 1.807) is 12.4 Å². The molecule has 0 atom stereocenters. The number of piperazine rings is 1. The van der Waals surface area contributed by atoms with Gasteiger partial charge in [0.1, 0.15) is 5.75 Å². The van der Waals surface area contributed by atoms with Gasteiger partial charge in [0, 0.05) is 45.1 Å². The predicted octanol–water partition coefficient (Wildman–Crippen LogP) is 3.46. The van der Waals surface area contributed by atoms with E-state index in [0.29, 0.717) is 6.61 Å². The third kappa shape index (κ3) is 4.15. The molecule has 1 aliphatic heterocycles. The summed E-state index contributed by atoms with van der Waals surface area (Å²) in [6, 6.07) is 10.4. The summed E-state index contributed by atoms with van der Waals surface area (Å²) in [6.07, 6.45) is 3.51. The minimum atomic E-state index is 0.707. The average molecular weight is 332 g/mol. The molecule has 4 nitrogen and oxygen atoms in total. The molecule has 0 bridgehead atoms. The summed E-state index contributed by atoms with van der Waals surface area (Å²) in [5.74, 6) is 0.938. The fourth-order valence-corrected chi connectivity index (χ4v) is 3.13. The van der Waals surface area contributed by atoms with Crippen molar-refractivity contribution in [1.29, 1.82) is 0 Å². The number of hydrogen-bond acceptors (Lipinski definition) is 4. The zero-order valence-electron chi connectivity index (χ0n) is 13.4. The van der Waals surface area contributed by atoms with Crippen molar-refractivity contribution in [2.75, 3.05) is 37.7 Å². The third-order valence-corrected chi connectivity index (χ3v) is 4.40. The van der Waals surface area contributed by atoms with Gasteiger partial charge in [0.25, 0.3) is 0 Å². The van der Waals surface area contributed by atoms with Crippen molar-refractivity contribution in [3.8, 4) is 5.75 Å². The van der Waals surface area contributed by atoms with Crippen molar-refractivity contribution in [3.63, 3.8) is 0 Å². The number of rotatable bonds is 5. The minimum Gasteiger partial charge on any atom is -0.494 e. The molecule has 1 aliphatic rings. The van der Waals surface area contributed by atoms with Crippen LogP contribution < -0.4 is 9.64 Å². The number of ether oxygens (including phenoxy) is 1. The van der Waals surface area contributed by atoms with E-state index >= 15 is 0 Å². The second-order valence-electron chi connectivity index (χ2n) is 5.67. The van der Waals surface area contributed by atoms with Crippen LogP contribution in [-0.2, 0) is 6.54 Å². The Morgan fingerprint density at radius 2 is 1.83 bits per heavy atom. The summed E-state index contributed by atoms with van der Waals surface area (Å²) >= 11 is 6.23. The van der Waals surface area contributed by atoms with Crippen LogP contribution in [0.1, 0.15) is 12.5 Å². The number of aromatic nitrogens is 1. The Morgan fingerprint density at radius 3 is 2.48 bits per heavy atom. The molecule has 0 radical (unpaired) electrons. The molecular formula is C18H22ClN3O. The molecule has 23 heavy (non-hydrogen) atoms. The molecule has 1 fully saturated rings. The number of benzene rings is 1. The lowest BCUT2D eigenvalue weighted by Gasteiger charge is -2.36. The van der Waals surface area contributed by atoms with Crippen molar-refractivity contribution in [3.05, 3.63) is 53.3 Å². The quantitative estimate of drug-likeness (QED) is 0.839. The molecule has 0 aliphatic carbocycles. The fourth-order valence-electron chi connectivity index (χ4n) is 2.89. The van der Waals surface area contributed by atoms with Crippen molar-refractivity contribution in [2.45, 2.75) is 13.5 Å². The van der Waals surface area contributed by atoms with Gasteiger partial charge < -0.3 is 9.64 Å². The van der Waals surface area contributed by atoms with Crippen molar-refractivity contribution in [1.82, 2.24) is 9.88 Å². The SMILES string of the molecule is CCOc1ccc(CN2CCN(c3ccncc3Cl)CC2)cc1. The van der Waals surface area contributed by atoms with Crippen molar-refractivity contribution >= 4 is 17.3 Å². The van der Waals surface area contributed by atoms with E-state index in [0.717, 1.165) is 49.2 Å². The zero-order chi connectivity index (χ0) is 16.1. The Balaban J connectivity index is 1.54. The molecular weight excluding hydrogens is 310 g/mol. The summed E-state index contributed by atoms with van der Waals surface area (Å²) in [4.78, 5) is 8.86. The summed E-state index contributed by atoms with van der Waals surface area (Å²) in [5, 5.41) is 0.729. The number of anilines is 1. The molecule has 5 heteroatoms. The third-order valence-electron chi connectivity index (χ3n) is 4.10. The van der Waals surface area contributed by atoms with Crippen LogP contribution in [0.15, 0.2) is 42.7 Å². The van der Waals surface area contributed by atoms with E-state index in [9.17, 15) is 0 Å². The molecule has 0 amide bonds. The summed E-state index contributed by atoms with van der Waals surface area (Å²) in [7, 11) is 0. The molecule has 0 saturated carbocycles. The van der Waals surface area contributed by atoms with E-state index in [1.165, 1.54) is 5.56 Å². The number of nitrogens with zero attached hydrogens (tertiary/aromatic N) is 3.